The van der Waals surface area contributed by atoms with Gasteiger partial charge in [-0.2, -0.15) is 0 Å². The molecule has 0 aliphatic heterocycles. The summed E-state index contributed by atoms with van der Waals surface area (Å²) in [6, 6.07) is 0. The minimum Gasteiger partial charge on any atom is -0.101 e. The average molecular weight is 293 g/mol. The molecule has 0 unspecified atom stereocenters. The van der Waals surface area contributed by atoms with Crippen LogP contribution in [0.3, 0.4) is 0 Å². The highest BCUT2D eigenvalue weighted by Crippen LogP contribution is 2.28. The second kappa shape index (κ2) is 3.25. The van der Waals surface area contributed by atoms with Crippen LogP contribution in [0, 0.1) is 0 Å². The minimum atomic E-state index is -0.111. The molecule has 0 amide bonds. The standard InChI is InChI=1S/C4H5Br3/c1-2-4(6,7)3-5/h2H,1,3H2. The first-order valence-corrected chi connectivity index (χ1v) is 4.40. The average Bonchev–Trinajstić information content (AvgIpc) is 1.68. The largest absolute Gasteiger partial charge is 0.108 e. The molecule has 0 nitrogen and oxygen atoms in total. The van der Waals surface area contributed by atoms with Gasteiger partial charge in [0.25, 0.3) is 0 Å². The molecule has 0 N–H and O–H groups in total. The zero-order valence-electron chi connectivity index (χ0n) is 3.63. The third kappa shape index (κ3) is 3.74. The zero-order valence-corrected chi connectivity index (χ0v) is 8.38. The predicted molar refractivity (Wildman–Crippen MR) is 44.6 cm³/mol. The van der Waals surface area contributed by atoms with Crippen molar-refractivity contribution in [1.29, 1.82) is 0 Å². The van der Waals surface area contributed by atoms with E-state index in [1.807, 2.05) is 0 Å². The van der Waals surface area contributed by atoms with Crippen LogP contribution in [-0.2, 0) is 0 Å². The van der Waals surface area contributed by atoms with Gasteiger partial charge in [-0.15, -0.1) is 6.58 Å². The van der Waals surface area contributed by atoms with Crippen molar-refractivity contribution < 1.29 is 0 Å². The maximum atomic E-state index is 3.58. The summed E-state index contributed by atoms with van der Waals surface area (Å²) in [6.45, 7) is 3.58. The van der Waals surface area contributed by atoms with Gasteiger partial charge in [0.1, 0.15) is 3.23 Å². The van der Waals surface area contributed by atoms with E-state index in [1.54, 1.807) is 6.08 Å². The molecule has 3 heteroatoms. The molecule has 0 saturated heterocycles. The third-order valence-electron chi connectivity index (χ3n) is 0.477. The number of hydrogen-bond donors (Lipinski definition) is 0. The molecule has 0 saturated carbocycles. The Kier molecular flexibility index (Phi) is 3.80. The van der Waals surface area contributed by atoms with E-state index < -0.39 is 0 Å². The highest BCUT2D eigenvalue weighted by molar-refractivity contribution is 9.26. The van der Waals surface area contributed by atoms with Crippen molar-refractivity contribution in [2.24, 2.45) is 0 Å². The van der Waals surface area contributed by atoms with Gasteiger partial charge in [0.2, 0.25) is 0 Å². The van der Waals surface area contributed by atoms with Gasteiger partial charge in [-0.05, 0) is 0 Å². The molecule has 0 spiro atoms. The lowest BCUT2D eigenvalue weighted by molar-refractivity contribution is 1.25. The second-order valence-electron chi connectivity index (χ2n) is 1.10. The monoisotopic (exact) mass is 290 g/mol. The number of alkyl halides is 3. The van der Waals surface area contributed by atoms with Crippen molar-refractivity contribution in [2.75, 3.05) is 5.33 Å². The Hall–Kier alpha value is 1.18. The van der Waals surface area contributed by atoms with Crippen LogP contribution in [0.1, 0.15) is 0 Å². The van der Waals surface area contributed by atoms with Gasteiger partial charge >= 0.3 is 0 Å². The van der Waals surface area contributed by atoms with Crippen LogP contribution < -0.4 is 0 Å². The normalized spacial score (nSPS) is 11.3. The molecule has 0 radical (unpaired) electrons. The molecule has 42 valence electrons. The molecule has 0 aliphatic carbocycles. The minimum absolute atomic E-state index is 0.111. The summed E-state index contributed by atoms with van der Waals surface area (Å²) in [5.74, 6) is 0. The number of halogens is 3. The van der Waals surface area contributed by atoms with E-state index in [9.17, 15) is 0 Å². The van der Waals surface area contributed by atoms with Gasteiger partial charge in [0, 0.05) is 5.33 Å². The summed E-state index contributed by atoms with van der Waals surface area (Å²) >= 11 is 9.93. The smallest absolute Gasteiger partial charge is 0.101 e. The van der Waals surface area contributed by atoms with E-state index in [0.29, 0.717) is 0 Å². The van der Waals surface area contributed by atoms with E-state index >= 15 is 0 Å². The van der Waals surface area contributed by atoms with Crippen LogP contribution in [0.25, 0.3) is 0 Å². The maximum absolute atomic E-state index is 3.58. The molecule has 7 heavy (non-hydrogen) atoms. The summed E-state index contributed by atoms with van der Waals surface area (Å²) in [4.78, 5) is 0. The van der Waals surface area contributed by atoms with Crippen LogP contribution >= 0.6 is 47.8 Å². The van der Waals surface area contributed by atoms with Gasteiger partial charge in [0.05, 0.1) is 0 Å². The fraction of sp³-hybridized carbons (Fsp3) is 0.500. The third-order valence-corrected chi connectivity index (χ3v) is 4.07. The van der Waals surface area contributed by atoms with Crippen LogP contribution in [-0.4, -0.2) is 8.56 Å². The first-order valence-electron chi connectivity index (χ1n) is 1.70. The number of allylic oxidation sites excluding steroid dienone is 1. The number of hydrogen-bond acceptors (Lipinski definition) is 0. The Bertz CT molecular complexity index is 67.3. The van der Waals surface area contributed by atoms with Gasteiger partial charge in [-0.25, -0.2) is 0 Å². The molecular weight excluding hydrogens is 288 g/mol. The summed E-state index contributed by atoms with van der Waals surface area (Å²) in [5.41, 5.74) is 0. The van der Waals surface area contributed by atoms with Crippen molar-refractivity contribution >= 4 is 47.8 Å². The van der Waals surface area contributed by atoms with Crippen molar-refractivity contribution in [3.05, 3.63) is 12.7 Å². The molecule has 0 aromatic carbocycles. The summed E-state index contributed by atoms with van der Waals surface area (Å²) < 4.78 is -0.111. The first-order chi connectivity index (χ1) is 3.12. The Labute approximate surface area is 68.7 Å². The van der Waals surface area contributed by atoms with Crippen molar-refractivity contribution in [2.45, 2.75) is 3.23 Å². The first kappa shape index (κ1) is 8.18. The van der Waals surface area contributed by atoms with Crippen LogP contribution in [0.15, 0.2) is 12.7 Å². The fourth-order valence-corrected chi connectivity index (χ4v) is 0.283. The van der Waals surface area contributed by atoms with Crippen molar-refractivity contribution in [1.82, 2.24) is 0 Å². The van der Waals surface area contributed by atoms with Crippen molar-refractivity contribution in [3.8, 4) is 0 Å². The fourth-order valence-electron chi connectivity index (χ4n) is 0.0546. The number of rotatable bonds is 2. The van der Waals surface area contributed by atoms with Gasteiger partial charge in [0.15, 0.2) is 0 Å². The molecule has 0 aromatic rings. The SMILES string of the molecule is C=CC(Br)(Br)CBr. The molecule has 0 aromatic heterocycles. The van der Waals surface area contributed by atoms with Crippen molar-refractivity contribution in [3.63, 3.8) is 0 Å². The summed E-state index contributed by atoms with van der Waals surface area (Å²) in [7, 11) is 0. The molecule has 0 aliphatic rings. The van der Waals surface area contributed by atoms with Crippen LogP contribution in [0.4, 0.5) is 0 Å². The Morgan fingerprint density at radius 1 is 1.57 bits per heavy atom. The quantitative estimate of drug-likeness (QED) is 0.542. The second-order valence-corrected chi connectivity index (χ2v) is 5.55. The maximum Gasteiger partial charge on any atom is 0.108 e. The molecule has 0 atom stereocenters. The summed E-state index contributed by atoms with van der Waals surface area (Å²) in [6.07, 6.45) is 1.78. The van der Waals surface area contributed by atoms with Gasteiger partial charge < -0.3 is 0 Å². The van der Waals surface area contributed by atoms with E-state index in [1.165, 1.54) is 0 Å². The Morgan fingerprint density at radius 3 is 2.00 bits per heavy atom. The molecule has 0 bridgehead atoms. The topological polar surface area (TPSA) is 0 Å². The molecule has 0 rings (SSSR count). The highest BCUT2D eigenvalue weighted by Gasteiger charge is 2.13. The Balaban J connectivity index is 3.58. The van der Waals surface area contributed by atoms with Crippen LogP contribution in [0.2, 0.25) is 0 Å². The summed E-state index contributed by atoms with van der Waals surface area (Å²) in [5, 5.41) is 0.823. The lowest BCUT2D eigenvalue weighted by Crippen LogP contribution is -2.06. The molecule has 0 fully saturated rings. The zero-order chi connectivity index (χ0) is 5.91. The highest BCUT2D eigenvalue weighted by atomic mass is 79.9. The lowest BCUT2D eigenvalue weighted by Gasteiger charge is -2.08. The lowest BCUT2D eigenvalue weighted by atomic mass is 10.5. The van der Waals surface area contributed by atoms with Gasteiger partial charge in [-0.3, -0.25) is 0 Å². The predicted octanol–water partition coefficient (Wildman–Crippen LogP) is 3.05. The van der Waals surface area contributed by atoms with E-state index in [-0.39, 0.29) is 3.23 Å². The Morgan fingerprint density at radius 2 is 2.00 bits per heavy atom. The molecular formula is C4H5Br3. The van der Waals surface area contributed by atoms with E-state index in [4.69, 9.17) is 0 Å². The molecule has 0 heterocycles. The van der Waals surface area contributed by atoms with E-state index in [0.717, 1.165) is 5.33 Å². The van der Waals surface area contributed by atoms with Crippen LogP contribution in [0.5, 0.6) is 0 Å². The van der Waals surface area contributed by atoms with E-state index in [2.05, 4.69) is 54.4 Å². The van der Waals surface area contributed by atoms with Gasteiger partial charge in [-0.1, -0.05) is 53.9 Å².